The zero-order valence-corrected chi connectivity index (χ0v) is 22.2. The number of hydrogen-bond donors (Lipinski definition) is 2. The van der Waals surface area contributed by atoms with Crippen molar-refractivity contribution in [1.82, 2.24) is 15.5 Å². The number of hydrogen-bond acceptors (Lipinski definition) is 4. The molecule has 0 spiro atoms. The van der Waals surface area contributed by atoms with E-state index in [9.17, 15) is 14.4 Å². The predicted octanol–water partition coefficient (Wildman–Crippen LogP) is 6.16. The molecule has 4 amide bonds. The molecule has 6 rings (SSSR count). The van der Waals surface area contributed by atoms with Crippen LogP contribution in [-0.4, -0.2) is 34.4 Å². The molecule has 4 aromatic carbocycles. The maximum Gasteiger partial charge on any atom is 0.318 e. The van der Waals surface area contributed by atoms with E-state index in [1.54, 1.807) is 4.90 Å². The summed E-state index contributed by atoms with van der Waals surface area (Å²) in [5.74, 6) is -0.226. The molecule has 1 aliphatic heterocycles. The number of benzene rings is 4. The molecule has 1 heterocycles. The minimum atomic E-state index is -0.375. The number of nitrogens with zero attached hydrogens (tertiary/aromatic N) is 1. The van der Waals surface area contributed by atoms with Crippen molar-refractivity contribution in [2.45, 2.75) is 24.3 Å². The first-order valence-electron chi connectivity index (χ1n) is 12.9. The van der Waals surface area contributed by atoms with Crippen LogP contribution in [0, 0.1) is 0 Å². The molecule has 1 fully saturated rings. The van der Waals surface area contributed by atoms with Crippen LogP contribution in [0.15, 0.2) is 97.1 Å². The Labute approximate surface area is 231 Å². The summed E-state index contributed by atoms with van der Waals surface area (Å²) in [5, 5.41) is 4.91. The van der Waals surface area contributed by atoms with Crippen molar-refractivity contribution in [3.8, 4) is 22.3 Å². The summed E-state index contributed by atoms with van der Waals surface area (Å²) in [6, 6.07) is 32.3. The summed E-state index contributed by atoms with van der Waals surface area (Å²) in [6.45, 7) is 0.468. The van der Waals surface area contributed by atoms with Crippen LogP contribution >= 0.6 is 11.8 Å². The molecule has 4 aromatic rings. The third-order valence-electron chi connectivity index (χ3n) is 7.27. The van der Waals surface area contributed by atoms with Gasteiger partial charge in [-0.15, -0.1) is 0 Å². The molecule has 7 heteroatoms. The maximum atomic E-state index is 13.3. The molecule has 1 aliphatic carbocycles. The molecule has 0 radical (unpaired) electrons. The van der Waals surface area contributed by atoms with E-state index in [1.165, 1.54) is 11.1 Å². The van der Waals surface area contributed by atoms with E-state index in [-0.39, 0.29) is 28.5 Å². The zero-order chi connectivity index (χ0) is 26.9. The van der Waals surface area contributed by atoms with Crippen LogP contribution in [0.2, 0.25) is 0 Å². The van der Waals surface area contributed by atoms with Gasteiger partial charge in [0.2, 0.25) is 5.91 Å². The monoisotopic (exact) mass is 533 g/mol. The van der Waals surface area contributed by atoms with Crippen LogP contribution in [0.1, 0.15) is 28.3 Å². The van der Waals surface area contributed by atoms with E-state index in [0.717, 1.165) is 45.1 Å². The van der Waals surface area contributed by atoms with Crippen LogP contribution in [0.4, 0.5) is 9.59 Å². The largest absolute Gasteiger partial charge is 0.327 e. The first kappa shape index (κ1) is 24.9. The summed E-state index contributed by atoms with van der Waals surface area (Å²) in [7, 11) is 1.81. The molecule has 1 unspecified atom stereocenters. The standard InChI is InChI=1S/C32H27N3O3S/c1-35(31(37)33-29-26-11-4-2-9-24(26)25-10-3-5-12-27(25)29)19-21-7-6-8-23(17-21)22-15-13-20(14-16-22)18-28-30(36)34-32(38)39-28/h2-17,28-29H,18-19H2,1H3,(H,33,37)(H,34,36,38). The highest BCUT2D eigenvalue weighted by Gasteiger charge is 2.32. The van der Waals surface area contributed by atoms with Crippen LogP contribution < -0.4 is 10.6 Å². The van der Waals surface area contributed by atoms with Gasteiger partial charge in [0.15, 0.2) is 0 Å². The minimum Gasteiger partial charge on any atom is -0.327 e. The zero-order valence-electron chi connectivity index (χ0n) is 21.4. The number of thioether (sulfide) groups is 1. The Hall–Kier alpha value is -4.36. The van der Waals surface area contributed by atoms with E-state index in [1.807, 2.05) is 73.8 Å². The average Bonchev–Trinajstić information content (AvgIpc) is 3.44. The second kappa shape index (κ2) is 10.4. The fourth-order valence-electron chi connectivity index (χ4n) is 5.31. The van der Waals surface area contributed by atoms with E-state index < -0.39 is 0 Å². The first-order chi connectivity index (χ1) is 19.0. The first-order valence-corrected chi connectivity index (χ1v) is 13.7. The Morgan fingerprint density at radius 3 is 2.13 bits per heavy atom. The fourth-order valence-corrected chi connectivity index (χ4v) is 6.17. The number of rotatable bonds is 6. The molecule has 0 saturated carbocycles. The topological polar surface area (TPSA) is 78.5 Å². The molecule has 2 N–H and O–H groups in total. The molecule has 39 heavy (non-hydrogen) atoms. The highest BCUT2D eigenvalue weighted by molar-refractivity contribution is 8.15. The Bertz CT molecular complexity index is 1540. The highest BCUT2D eigenvalue weighted by Crippen LogP contribution is 2.43. The van der Waals surface area contributed by atoms with Gasteiger partial charge in [-0.05, 0) is 57.0 Å². The van der Waals surface area contributed by atoms with Crippen molar-refractivity contribution < 1.29 is 14.4 Å². The molecule has 2 aliphatic rings. The summed E-state index contributed by atoms with van der Waals surface area (Å²) in [5.41, 5.74) is 8.69. The quantitative estimate of drug-likeness (QED) is 0.311. The van der Waals surface area contributed by atoms with Gasteiger partial charge in [0.1, 0.15) is 0 Å². The van der Waals surface area contributed by atoms with E-state index >= 15 is 0 Å². The second-order valence-corrected chi connectivity index (χ2v) is 11.1. The number of imide groups is 1. The second-order valence-electron chi connectivity index (χ2n) is 9.90. The number of nitrogens with one attached hydrogen (secondary N) is 2. The molecule has 0 aromatic heterocycles. The average molecular weight is 534 g/mol. The van der Waals surface area contributed by atoms with Gasteiger partial charge in [-0.1, -0.05) is 103 Å². The van der Waals surface area contributed by atoms with Crippen molar-refractivity contribution >= 4 is 28.9 Å². The van der Waals surface area contributed by atoms with Gasteiger partial charge in [0.25, 0.3) is 5.24 Å². The van der Waals surface area contributed by atoms with Crippen LogP contribution in [-0.2, 0) is 17.8 Å². The van der Waals surface area contributed by atoms with Gasteiger partial charge < -0.3 is 10.2 Å². The fraction of sp³-hybridized carbons (Fsp3) is 0.156. The maximum absolute atomic E-state index is 13.3. The summed E-state index contributed by atoms with van der Waals surface area (Å²) in [4.78, 5) is 38.3. The third-order valence-corrected chi connectivity index (χ3v) is 8.25. The molecular weight excluding hydrogens is 506 g/mol. The molecular formula is C32H27N3O3S. The van der Waals surface area contributed by atoms with Crippen molar-refractivity contribution in [2.75, 3.05) is 7.05 Å². The van der Waals surface area contributed by atoms with Crippen molar-refractivity contribution in [2.24, 2.45) is 0 Å². The van der Waals surface area contributed by atoms with Crippen LogP contribution in [0.3, 0.4) is 0 Å². The van der Waals surface area contributed by atoms with Gasteiger partial charge in [-0.25, -0.2) is 4.79 Å². The summed E-state index contributed by atoms with van der Waals surface area (Å²) < 4.78 is 0. The number of fused-ring (bicyclic) bond motifs is 3. The Balaban J connectivity index is 1.12. The molecule has 194 valence electrons. The Morgan fingerprint density at radius 1 is 0.821 bits per heavy atom. The highest BCUT2D eigenvalue weighted by atomic mass is 32.2. The summed E-state index contributed by atoms with van der Waals surface area (Å²) >= 11 is 1.05. The normalized spacial score (nSPS) is 16.0. The lowest BCUT2D eigenvalue weighted by Crippen LogP contribution is -2.38. The van der Waals surface area contributed by atoms with E-state index in [0.29, 0.717) is 13.0 Å². The van der Waals surface area contributed by atoms with E-state index in [4.69, 9.17) is 0 Å². The van der Waals surface area contributed by atoms with Gasteiger partial charge in [-0.2, -0.15) is 0 Å². The van der Waals surface area contributed by atoms with Gasteiger partial charge in [0.05, 0.1) is 11.3 Å². The van der Waals surface area contributed by atoms with Gasteiger partial charge in [0, 0.05) is 13.6 Å². The van der Waals surface area contributed by atoms with Gasteiger partial charge in [-0.3, -0.25) is 14.9 Å². The minimum absolute atomic E-state index is 0.131. The van der Waals surface area contributed by atoms with E-state index in [2.05, 4.69) is 41.0 Å². The lowest BCUT2D eigenvalue weighted by molar-refractivity contribution is -0.118. The van der Waals surface area contributed by atoms with Gasteiger partial charge >= 0.3 is 6.03 Å². The Kier molecular flexibility index (Phi) is 6.67. The van der Waals surface area contributed by atoms with Crippen molar-refractivity contribution in [3.05, 3.63) is 119 Å². The molecule has 0 bridgehead atoms. The Morgan fingerprint density at radius 2 is 1.49 bits per heavy atom. The lowest BCUT2D eigenvalue weighted by atomic mass is 10.00. The van der Waals surface area contributed by atoms with Crippen molar-refractivity contribution in [3.63, 3.8) is 0 Å². The van der Waals surface area contributed by atoms with Crippen molar-refractivity contribution in [1.29, 1.82) is 0 Å². The lowest BCUT2D eigenvalue weighted by Gasteiger charge is -2.23. The predicted molar refractivity (Wildman–Crippen MR) is 154 cm³/mol. The molecule has 1 atom stereocenters. The molecule has 6 nitrogen and oxygen atoms in total. The smallest absolute Gasteiger partial charge is 0.318 e. The SMILES string of the molecule is CN(Cc1cccc(-c2ccc(CC3SC(=O)NC3=O)cc2)c1)C(=O)NC1c2ccccc2-c2ccccc21. The number of carbonyl (C=O) groups excluding carboxylic acids is 3. The van der Waals surface area contributed by atoms with Crippen LogP contribution in [0.5, 0.6) is 0 Å². The summed E-state index contributed by atoms with van der Waals surface area (Å²) in [6.07, 6.45) is 0.512. The number of urea groups is 1. The number of carbonyl (C=O) groups is 3. The molecule has 1 saturated heterocycles. The van der Waals surface area contributed by atoms with Crippen LogP contribution in [0.25, 0.3) is 22.3 Å². The third kappa shape index (κ3) is 5.05. The number of amides is 4.